The molecular weight excluding hydrogens is 468 g/mol. The lowest BCUT2D eigenvalue weighted by Gasteiger charge is -2.05. The zero-order chi connectivity index (χ0) is 25.6. The summed E-state index contributed by atoms with van der Waals surface area (Å²) in [6.07, 6.45) is 0. The Morgan fingerprint density at radius 1 is 0.472 bits per heavy atom. The van der Waals surface area contributed by atoms with Crippen LogP contribution in [0.5, 0.6) is 11.5 Å². The summed E-state index contributed by atoms with van der Waals surface area (Å²) in [5.41, 5.74) is 2.78. The van der Waals surface area contributed by atoms with Crippen LogP contribution >= 0.6 is 0 Å². The topological polar surface area (TPSA) is 18.5 Å². The monoisotopic (exact) mass is 488 g/mol. The van der Waals surface area contributed by atoms with Crippen LogP contribution in [-0.4, -0.2) is 13.2 Å². The molecule has 4 aromatic rings. The van der Waals surface area contributed by atoms with E-state index >= 15 is 0 Å². The van der Waals surface area contributed by atoms with Gasteiger partial charge in [0.2, 0.25) is 0 Å². The molecule has 0 aliphatic heterocycles. The van der Waals surface area contributed by atoms with Crippen molar-refractivity contribution in [2.45, 2.75) is 13.2 Å². The second-order valence-electron chi connectivity index (χ2n) is 7.01. The van der Waals surface area contributed by atoms with Gasteiger partial charge in [0.05, 0.1) is 5.56 Å². The SMILES string of the molecule is FC(F)Oc1cccc(C#Cc2ccccc2)c1.FC(F)Oc1ccccc1C#Cc1ccccc1. The van der Waals surface area contributed by atoms with Crippen LogP contribution in [-0.2, 0) is 0 Å². The molecule has 0 bridgehead atoms. The second-order valence-corrected chi connectivity index (χ2v) is 7.01. The van der Waals surface area contributed by atoms with Gasteiger partial charge in [-0.1, -0.05) is 78.3 Å². The Morgan fingerprint density at radius 2 is 0.972 bits per heavy atom. The first kappa shape index (κ1) is 25.9. The van der Waals surface area contributed by atoms with E-state index in [1.165, 1.54) is 18.2 Å². The third-order valence-electron chi connectivity index (χ3n) is 4.40. The number of hydrogen-bond donors (Lipinski definition) is 0. The van der Waals surface area contributed by atoms with Gasteiger partial charge in [0.25, 0.3) is 0 Å². The van der Waals surface area contributed by atoms with Gasteiger partial charge in [-0.15, -0.1) is 0 Å². The number of ether oxygens (including phenoxy) is 2. The Labute approximate surface area is 207 Å². The molecule has 4 aromatic carbocycles. The molecule has 4 rings (SSSR count). The molecule has 0 aliphatic carbocycles. The molecule has 6 heteroatoms. The van der Waals surface area contributed by atoms with E-state index in [-0.39, 0.29) is 11.5 Å². The molecule has 0 heterocycles. The van der Waals surface area contributed by atoms with Gasteiger partial charge < -0.3 is 9.47 Å². The van der Waals surface area contributed by atoms with Crippen LogP contribution in [0, 0.1) is 23.7 Å². The van der Waals surface area contributed by atoms with Crippen molar-refractivity contribution in [3.8, 4) is 35.2 Å². The fourth-order valence-corrected chi connectivity index (χ4v) is 2.85. The Bertz CT molecular complexity index is 1350. The first-order chi connectivity index (χ1) is 17.5. The van der Waals surface area contributed by atoms with Gasteiger partial charge in [-0.2, -0.15) is 17.6 Å². The van der Waals surface area contributed by atoms with E-state index in [2.05, 4.69) is 33.2 Å². The number of benzene rings is 4. The number of para-hydroxylation sites is 1. The first-order valence-electron chi connectivity index (χ1n) is 10.7. The fourth-order valence-electron chi connectivity index (χ4n) is 2.85. The maximum Gasteiger partial charge on any atom is 0.387 e. The molecule has 0 amide bonds. The molecule has 0 fully saturated rings. The zero-order valence-corrected chi connectivity index (χ0v) is 18.9. The summed E-state index contributed by atoms with van der Waals surface area (Å²) < 4.78 is 57.2. The van der Waals surface area contributed by atoms with Crippen LogP contribution in [0.15, 0.2) is 109 Å². The lowest BCUT2D eigenvalue weighted by Crippen LogP contribution is -2.03. The minimum atomic E-state index is -2.84. The minimum Gasteiger partial charge on any atom is -0.435 e. The average molecular weight is 488 g/mol. The molecule has 0 aliphatic rings. The van der Waals surface area contributed by atoms with Gasteiger partial charge in [-0.05, 0) is 54.6 Å². The molecule has 0 atom stereocenters. The van der Waals surface area contributed by atoms with Crippen LogP contribution in [0.3, 0.4) is 0 Å². The summed E-state index contributed by atoms with van der Waals surface area (Å²) in [7, 11) is 0. The fraction of sp³-hybridized carbons (Fsp3) is 0.0667. The average Bonchev–Trinajstić information content (AvgIpc) is 2.88. The van der Waals surface area contributed by atoms with Crippen molar-refractivity contribution in [2.24, 2.45) is 0 Å². The predicted octanol–water partition coefficient (Wildman–Crippen LogP) is 7.38. The molecule has 0 saturated heterocycles. The summed E-state index contributed by atoms with van der Waals surface area (Å²) in [5, 5.41) is 0. The van der Waals surface area contributed by atoms with Crippen molar-refractivity contribution in [1.29, 1.82) is 0 Å². The Balaban J connectivity index is 0.000000201. The van der Waals surface area contributed by atoms with E-state index < -0.39 is 13.2 Å². The normalized spacial score (nSPS) is 9.72. The van der Waals surface area contributed by atoms with Crippen molar-refractivity contribution in [3.63, 3.8) is 0 Å². The van der Waals surface area contributed by atoms with Crippen LogP contribution in [0.2, 0.25) is 0 Å². The highest BCUT2D eigenvalue weighted by Gasteiger charge is 2.07. The number of halogens is 4. The van der Waals surface area contributed by atoms with Gasteiger partial charge in [0, 0.05) is 16.7 Å². The summed E-state index contributed by atoms with van der Waals surface area (Å²) in [4.78, 5) is 0. The maximum absolute atomic E-state index is 12.2. The third kappa shape index (κ3) is 9.29. The highest BCUT2D eigenvalue weighted by atomic mass is 19.3. The third-order valence-corrected chi connectivity index (χ3v) is 4.40. The standard InChI is InChI=1S/2C15H10F2O/c16-15(17)18-14-9-5-4-8-13(14)11-10-12-6-2-1-3-7-12;16-15(17)18-14-8-4-7-13(11-14)10-9-12-5-2-1-3-6-12/h1-9,15H;1-8,11,15H. The number of alkyl halides is 4. The number of hydrogen-bond acceptors (Lipinski definition) is 2. The molecule has 2 nitrogen and oxygen atoms in total. The van der Waals surface area contributed by atoms with Crippen molar-refractivity contribution in [1.82, 2.24) is 0 Å². The molecule has 0 N–H and O–H groups in total. The zero-order valence-electron chi connectivity index (χ0n) is 18.9. The molecular formula is C30H20F4O2. The summed E-state index contributed by atoms with van der Waals surface area (Å²) in [6, 6.07) is 31.6. The van der Waals surface area contributed by atoms with Crippen molar-refractivity contribution in [3.05, 3.63) is 131 Å². The van der Waals surface area contributed by atoms with Crippen molar-refractivity contribution >= 4 is 0 Å². The van der Waals surface area contributed by atoms with E-state index in [1.807, 2.05) is 60.7 Å². The summed E-state index contributed by atoms with van der Waals surface area (Å²) >= 11 is 0. The van der Waals surface area contributed by atoms with E-state index in [9.17, 15) is 17.6 Å². The van der Waals surface area contributed by atoms with Crippen LogP contribution in [0.1, 0.15) is 22.3 Å². The first-order valence-corrected chi connectivity index (χ1v) is 10.7. The van der Waals surface area contributed by atoms with Crippen LogP contribution < -0.4 is 9.47 Å². The van der Waals surface area contributed by atoms with Gasteiger partial charge in [-0.25, -0.2) is 0 Å². The Kier molecular flexibility index (Phi) is 10.0. The molecule has 0 aromatic heterocycles. The second kappa shape index (κ2) is 13.9. The minimum absolute atomic E-state index is 0.0935. The largest absolute Gasteiger partial charge is 0.435 e. The van der Waals surface area contributed by atoms with Crippen LogP contribution in [0.4, 0.5) is 17.6 Å². The molecule has 180 valence electrons. The van der Waals surface area contributed by atoms with Gasteiger partial charge in [0.15, 0.2) is 0 Å². The van der Waals surface area contributed by atoms with Crippen molar-refractivity contribution < 1.29 is 27.0 Å². The molecule has 36 heavy (non-hydrogen) atoms. The van der Waals surface area contributed by atoms with E-state index in [0.717, 1.165) is 11.1 Å². The van der Waals surface area contributed by atoms with E-state index in [4.69, 9.17) is 0 Å². The highest BCUT2D eigenvalue weighted by molar-refractivity contribution is 5.49. The van der Waals surface area contributed by atoms with Crippen molar-refractivity contribution in [2.75, 3.05) is 0 Å². The van der Waals surface area contributed by atoms with Gasteiger partial charge in [-0.3, -0.25) is 0 Å². The van der Waals surface area contributed by atoms with E-state index in [0.29, 0.717) is 11.1 Å². The molecule has 0 spiro atoms. The van der Waals surface area contributed by atoms with E-state index in [1.54, 1.807) is 30.3 Å². The summed E-state index contributed by atoms with van der Waals surface area (Å²) in [5.74, 6) is 11.8. The van der Waals surface area contributed by atoms with Crippen LogP contribution in [0.25, 0.3) is 0 Å². The lowest BCUT2D eigenvalue weighted by atomic mass is 10.1. The lowest BCUT2D eigenvalue weighted by molar-refractivity contribution is -0.0506. The highest BCUT2D eigenvalue weighted by Crippen LogP contribution is 2.19. The Hall–Kier alpha value is -4.68. The number of rotatable bonds is 4. The smallest absolute Gasteiger partial charge is 0.387 e. The summed E-state index contributed by atoms with van der Waals surface area (Å²) in [6.45, 7) is -5.66. The molecule has 0 radical (unpaired) electrons. The quantitative estimate of drug-likeness (QED) is 0.221. The molecule has 0 unspecified atom stereocenters. The predicted molar refractivity (Wildman–Crippen MR) is 131 cm³/mol. The maximum atomic E-state index is 12.2. The van der Waals surface area contributed by atoms with Gasteiger partial charge in [0.1, 0.15) is 11.5 Å². The molecule has 0 saturated carbocycles. The Morgan fingerprint density at radius 3 is 1.58 bits per heavy atom. The van der Waals surface area contributed by atoms with Gasteiger partial charge >= 0.3 is 13.2 Å².